The molecule has 0 saturated carbocycles. The molecule has 0 aliphatic heterocycles. The summed E-state index contributed by atoms with van der Waals surface area (Å²) in [5, 5.41) is 0.870. The third-order valence-electron chi connectivity index (χ3n) is 2.94. The van der Waals surface area contributed by atoms with E-state index in [9.17, 15) is 0 Å². The first-order valence-electron chi connectivity index (χ1n) is 8.37. The molecule has 0 amide bonds. The van der Waals surface area contributed by atoms with Gasteiger partial charge in [-0.05, 0) is 67.3 Å². The van der Waals surface area contributed by atoms with Crippen molar-refractivity contribution < 1.29 is 13.6 Å². The molecule has 0 saturated heterocycles. The molecule has 10 heteroatoms. The second-order valence-corrected chi connectivity index (χ2v) is 18.3. The van der Waals surface area contributed by atoms with E-state index >= 15 is 0 Å². The van der Waals surface area contributed by atoms with Gasteiger partial charge >= 0.3 is 6.01 Å². The molecule has 0 bridgehead atoms. The standard InChI is InChI=1S/C17H23BrCl2N2O3Si2/c1-26(2,3)24-16-14(18)13(21-17(22-16)25-27(4,5)6)10-23-15-11(19)8-7-9-12(15)20/h7-9H,10H2,1-6H3. The minimum Gasteiger partial charge on any atom is -0.530 e. The third-order valence-corrected chi connectivity index (χ3v) is 5.93. The smallest absolute Gasteiger partial charge is 0.306 e. The van der Waals surface area contributed by atoms with Gasteiger partial charge in [0.05, 0.1) is 10.0 Å². The second-order valence-electron chi connectivity index (χ2n) is 7.84. The van der Waals surface area contributed by atoms with Crippen molar-refractivity contribution in [3.63, 3.8) is 0 Å². The van der Waals surface area contributed by atoms with Gasteiger partial charge in [-0.3, -0.25) is 0 Å². The van der Waals surface area contributed by atoms with Gasteiger partial charge in [0, 0.05) is 0 Å². The molecule has 0 aliphatic carbocycles. The number of para-hydroxylation sites is 1. The van der Waals surface area contributed by atoms with Crippen molar-refractivity contribution in [1.29, 1.82) is 0 Å². The molecule has 0 aliphatic rings. The quantitative estimate of drug-likeness (QED) is 0.396. The van der Waals surface area contributed by atoms with Gasteiger partial charge in [-0.1, -0.05) is 29.3 Å². The highest BCUT2D eigenvalue weighted by molar-refractivity contribution is 9.10. The molecule has 2 aromatic rings. The number of aromatic nitrogens is 2. The van der Waals surface area contributed by atoms with Crippen LogP contribution >= 0.6 is 39.1 Å². The van der Waals surface area contributed by atoms with E-state index in [1.165, 1.54) is 0 Å². The molecule has 0 atom stereocenters. The summed E-state index contributed by atoms with van der Waals surface area (Å²) in [4.78, 5) is 8.95. The zero-order valence-corrected chi connectivity index (χ0v) is 21.3. The van der Waals surface area contributed by atoms with Gasteiger partial charge in [0.2, 0.25) is 22.5 Å². The van der Waals surface area contributed by atoms with E-state index in [4.69, 9.17) is 36.8 Å². The Hall–Kier alpha value is -0.806. The highest BCUT2D eigenvalue weighted by Crippen LogP contribution is 2.35. The van der Waals surface area contributed by atoms with Gasteiger partial charge in [-0.25, -0.2) is 0 Å². The second kappa shape index (κ2) is 8.69. The van der Waals surface area contributed by atoms with Crippen molar-refractivity contribution in [2.75, 3.05) is 0 Å². The lowest BCUT2D eigenvalue weighted by Gasteiger charge is -2.23. The van der Waals surface area contributed by atoms with E-state index in [2.05, 4.69) is 65.2 Å². The number of nitrogens with zero attached hydrogens (tertiary/aromatic N) is 2. The number of hydrogen-bond donors (Lipinski definition) is 0. The Morgan fingerprint density at radius 2 is 1.48 bits per heavy atom. The first kappa shape index (κ1) is 22.5. The minimum absolute atomic E-state index is 0.136. The zero-order chi connectivity index (χ0) is 20.4. The van der Waals surface area contributed by atoms with Crippen LogP contribution < -0.4 is 13.6 Å². The Kier molecular flexibility index (Phi) is 7.24. The highest BCUT2D eigenvalue weighted by atomic mass is 79.9. The lowest BCUT2D eigenvalue weighted by atomic mass is 10.3. The Bertz CT molecular complexity index is 807. The van der Waals surface area contributed by atoms with Crippen LogP contribution in [0.1, 0.15) is 5.69 Å². The fourth-order valence-electron chi connectivity index (χ4n) is 1.98. The average molecular weight is 510 g/mol. The van der Waals surface area contributed by atoms with Crippen LogP contribution in [0.2, 0.25) is 49.3 Å². The monoisotopic (exact) mass is 508 g/mol. The maximum atomic E-state index is 6.18. The maximum absolute atomic E-state index is 6.18. The lowest BCUT2D eigenvalue weighted by Crippen LogP contribution is -2.32. The molecule has 5 nitrogen and oxygen atoms in total. The van der Waals surface area contributed by atoms with Crippen LogP contribution in [-0.2, 0) is 6.61 Å². The third kappa shape index (κ3) is 6.94. The van der Waals surface area contributed by atoms with Gasteiger partial charge in [-0.15, -0.1) is 0 Å². The first-order valence-corrected chi connectivity index (χ1v) is 16.7. The molecular formula is C17H23BrCl2N2O3Si2. The van der Waals surface area contributed by atoms with Gasteiger partial charge in [-0.2, -0.15) is 9.97 Å². The zero-order valence-electron chi connectivity index (χ0n) is 16.2. The van der Waals surface area contributed by atoms with E-state index < -0.39 is 16.6 Å². The van der Waals surface area contributed by atoms with Gasteiger partial charge in [0.25, 0.3) is 0 Å². The summed E-state index contributed by atoms with van der Waals surface area (Å²) in [7, 11) is -3.78. The predicted octanol–water partition coefficient (Wildman–Crippen LogP) is 6.55. The highest BCUT2D eigenvalue weighted by Gasteiger charge is 2.25. The molecule has 1 aromatic carbocycles. The van der Waals surface area contributed by atoms with Gasteiger partial charge < -0.3 is 13.6 Å². The van der Waals surface area contributed by atoms with Gasteiger partial charge in [0.1, 0.15) is 16.8 Å². The number of ether oxygens (including phenoxy) is 1. The first-order chi connectivity index (χ1) is 12.4. The van der Waals surface area contributed by atoms with Crippen molar-refractivity contribution >= 4 is 55.8 Å². The van der Waals surface area contributed by atoms with E-state index in [0.717, 1.165) is 0 Å². The number of halogens is 3. The van der Waals surface area contributed by atoms with Crippen molar-refractivity contribution in [3.05, 3.63) is 38.4 Å². The molecule has 0 N–H and O–H groups in total. The van der Waals surface area contributed by atoms with Crippen LogP contribution in [0.5, 0.6) is 17.6 Å². The Morgan fingerprint density at radius 1 is 0.926 bits per heavy atom. The molecule has 1 heterocycles. The van der Waals surface area contributed by atoms with Crippen molar-refractivity contribution in [1.82, 2.24) is 9.97 Å². The summed E-state index contributed by atoms with van der Waals surface area (Å²) in [6.45, 7) is 12.6. The molecule has 0 fully saturated rings. The molecule has 148 valence electrons. The van der Waals surface area contributed by atoms with Crippen molar-refractivity contribution in [2.24, 2.45) is 0 Å². The molecule has 0 radical (unpaired) electrons. The molecule has 0 unspecified atom stereocenters. The normalized spacial score (nSPS) is 12.0. The molecule has 1 aromatic heterocycles. The van der Waals surface area contributed by atoms with Crippen LogP contribution in [-0.4, -0.2) is 26.6 Å². The topological polar surface area (TPSA) is 53.5 Å². The SMILES string of the molecule is C[Si](C)(C)Oc1nc(COc2c(Cl)cccc2Cl)c(Br)c(O[Si](C)(C)C)n1. The van der Waals surface area contributed by atoms with Crippen LogP contribution in [0.4, 0.5) is 0 Å². The van der Waals surface area contributed by atoms with Crippen LogP contribution in [0.25, 0.3) is 0 Å². The Labute approximate surface area is 180 Å². The molecule has 27 heavy (non-hydrogen) atoms. The number of hydrogen-bond acceptors (Lipinski definition) is 5. The number of benzene rings is 1. The minimum atomic E-state index is -1.89. The average Bonchev–Trinajstić information content (AvgIpc) is 2.47. The van der Waals surface area contributed by atoms with E-state index in [1.807, 2.05) is 0 Å². The summed E-state index contributed by atoms with van der Waals surface area (Å²) < 4.78 is 18.5. The summed E-state index contributed by atoms with van der Waals surface area (Å²) >= 11 is 15.9. The molecule has 0 spiro atoms. The molecular weight excluding hydrogens is 487 g/mol. The summed E-state index contributed by atoms with van der Waals surface area (Å²) in [5.74, 6) is 0.868. The van der Waals surface area contributed by atoms with Gasteiger partial charge in [0.15, 0.2) is 5.75 Å². The van der Waals surface area contributed by atoms with Crippen molar-refractivity contribution in [3.8, 4) is 17.6 Å². The fraction of sp³-hybridized carbons (Fsp3) is 0.412. The van der Waals surface area contributed by atoms with Crippen molar-refractivity contribution in [2.45, 2.75) is 45.9 Å². The van der Waals surface area contributed by atoms with Crippen LogP contribution in [0, 0.1) is 0 Å². The largest absolute Gasteiger partial charge is 0.530 e. The summed E-state index contributed by atoms with van der Waals surface area (Å²) in [5.41, 5.74) is 0.600. The summed E-state index contributed by atoms with van der Waals surface area (Å²) in [6.07, 6.45) is 0. The Morgan fingerprint density at radius 3 is 2.00 bits per heavy atom. The lowest BCUT2D eigenvalue weighted by molar-refractivity contribution is 0.297. The van der Waals surface area contributed by atoms with Crippen LogP contribution in [0.15, 0.2) is 22.7 Å². The van der Waals surface area contributed by atoms with E-state index in [1.54, 1.807) is 18.2 Å². The summed E-state index contributed by atoms with van der Waals surface area (Å²) in [6, 6.07) is 5.49. The van der Waals surface area contributed by atoms with E-state index in [0.29, 0.717) is 31.8 Å². The Balaban J connectivity index is 2.38. The predicted molar refractivity (Wildman–Crippen MR) is 118 cm³/mol. The van der Waals surface area contributed by atoms with Crippen LogP contribution in [0.3, 0.4) is 0 Å². The maximum Gasteiger partial charge on any atom is 0.306 e. The fourth-order valence-corrected chi connectivity index (χ4v) is 4.38. The number of rotatable bonds is 7. The molecule has 2 rings (SSSR count). The van der Waals surface area contributed by atoms with E-state index in [-0.39, 0.29) is 12.6 Å².